The van der Waals surface area contributed by atoms with Gasteiger partial charge in [-0.05, 0) is 18.4 Å². The highest BCUT2D eigenvalue weighted by atomic mass is 35.5. The first-order valence-corrected chi connectivity index (χ1v) is 7.56. The summed E-state index contributed by atoms with van der Waals surface area (Å²) in [6, 6.07) is 6.49. The van der Waals surface area contributed by atoms with Crippen molar-refractivity contribution in [1.82, 2.24) is 10.4 Å². The summed E-state index contributed by atoms with van der Waals surface area (Å²) >= 11 is 7.46. The summed E-state index contributed by atoms with van der Waals surface area (Å²) in [5.41, 5.74) is 3.58. The van der Waals surface area contributed by atoms with Crippen molar-refractivity contribution in [2.75, 3.05) is 6.26 Å². The molecule has 0 bridgehead atoms. The van der Waals surface area contributed by atoms with E-state index in [0.717, 1.165) is 0 Å². The maximum absolute atomic E-state index is 14.0. The zero-order chi connectivity index (χ0) is 15.0. The molecule has 2 aliphatic rings. The smallest absolute Gasteiger partial charge is 0.184 e. The summed E-state index contributed by atoms with van der Waals surface area (Å²) in [7, 11) is 0. The molecule has 1 N–H and O–H groups in total. The highest BCUT2D eigenvalue weighted by Gasteiger charge is 2.35. The fourth-order valence-corrected chi connectivity index (χ4v) is 2.83. The third-order valence-corrected chi connectivity index (χ3v) is 4.01. The lowest BCUT2D eigenvalue weighted by Gasteiger charge is -2.23. The largest absolute Gasteiger partial charge is 0.240 e. The summed E-state index contributed by atoms with van der Waals surface area (Å²) in [4.78, 5) is 8.54. The van der Waals surface area contributed by atoms with Crippen LogP contribution in [0.25, 0.3) is 0 Å². The molecule has 0 aromatic heterocycles. The van der Waals surface area contributed by atoms with Crippen LogP contribution in [-0.4, -0.2) is 22.3 Å². The van der Waals surface area contributed by atoms with Crippen LogP contribution in [0.1, 0.15) is 11.7 Å². The van der Waals surface area contributed by atoms with Gasteiger partial charge in [-0.25, -0.2) is 19.4 Å². The Hall–Kier alpha value is -1.88. The van der Waals surface area contributed by atoms with E-state index in [-0.39, 0.29) is 10.6 Å². The summed E-state index contributed by atoms with van der Waals surface area (Å²) in [6.45, 7) is 0. The van der Waals surface area contributed by atoms with Crippen molar-refractivity contribution in [1.29, 1.82) is 5.26 Å². The van der Waals surface area contributed by atoms with E-state index < -0.39 is 12.0 Å². The minimum Gasteiger partial charge on any atom is -0.240 e. The van der Waals surface area contributed by atoms with Crippen molar-refractivity contribution < 1.29 is 4.39 Å². The van der Waals surface area contributed by atoms with E-state index in [1.807, 2.05) is 12.3 Å². The number of halogens is 2. The molecule has 0 aliphatic carbocycles. The molecule has 106 valence electrons. The van der Waals surface area contributed by atoms with Crippen LogP contribution in [0.2, 0.25) is 5.02 Å². The Morgan fingerprint density at radius 3 is 3.00 bits per heavy atom. The van der Waals surface area contributed by atoms with Gasteiger partial charge in [-0.3, -0.25) is 0 Å². The predicted molar refractivity (Wildman–Crippen MR) is 81.2 cm³/mol. The Kier molecular flexibility index (Phi) is 3.68. The van der Waals surface area contributed by atoms with Gasteiger partial charge in [-0.2, -0.15) is 10.7 Å². The molecule has 1 aromatic carbocycles. The molecule has 0 saturated heterocycles. The van der Waals surface area contributed by atoms with Gasteiger partial charge >= 0.3 is 0 Å². The Morgan fingerprint density at radius 1 is 1.52 bits per heavy atom. The SMILES string of the molecule is CSC1=NC=C(C#N)C2=N[C@@H](c3c(F)cccc3Cl)NN12. The number of rotatable bonds is 1. The molecule has 0 spiro atoms. The quantitative estimate of drug-likeness (QED) is 0.864. The molecular formula is C13H9ClFN5S. The van der Waals surface area contributed by atoms with Crippen LogP contribution in [0, 0.1) is 17.1 Å². The fraction of sp³-hybridized carbons (Fsp3) is 0.154. The average molecular weight is 322 g/mol. The molecule has 0 amide bonds. The first-order valence-electron chi connectivity index (χ1n) is 5.96. The van der Waals surface area contributed by atoms with Crippen LogP contribution < -0.4 is 5.43 Å². The molecule has 0 saturated carbocycles. The summed E-state index contributed by atoms with van der Waals surface area (Å²) < 4.78 is 14.0. The second-order valence-corrected chi connectivity index (χ2v) is 5.41. The van der Waals surface area contributed by atoms with Crippen molar-refractivity contribution in [3.63, 3.8) is 0 Å². The zero-order valence-electron chi connectivity index (χ0n) is 10.8. The first kappa shape index (κ1) is 14.1. The van der Waals surface area contributed by atoms with Crippen molar-refractivity contribution in [2.45, 2.75) is 6.17 Å². The van der Waals surface area contributed by atoms with Crippen LogP contribution in [0.4, 0.5) is 4.39 Å². The van der Waals surface area contributed by atoms with E-state index in [2.05, 4.69) is 15.4 Å². The van der Waals surface area contributed by atoms with Gasteiger partial charge in [0.25, 0.3) is 0 Å². The Balaban J connectivity index is 2.05. The van der Waals surface area contributed by atoms with Gasteiger partial charge in [0.1, 0.15) is 23.6 Å². The number of aliphatic imine (C=N–C) groups is 2. The minimum absolute atomic E-state index is 0.249. The number of amidine groups is 2. The third-order valence-electron chi connectivity index (χ3n) is 3.03. The molecule has 5 nitrogen and oxygen atoms in total. The van der Waals surface area contributed by atoms with Gasteiger partial charge in [-0.1, -0.05) is 29.4 Å². The number of thioether (sulfide) groups is 1. The van der Waals surface area contributed by atoms with E-state index in [0.29, 0.717) is 16.6 Å². The summed E-state index contributed by atoms with van der Waals surface area (Å²) in [6.07, 6.45) is 2.61. The number of nitriles is 1. The van der Waals surface area contributed by atoms with Crippen molar-refractivity contribution in [3.05, 3.63) is 46.4 Å². The predicted octanol–water partition coefficient (Wildman–Crippen LogP) is 2.84. The minimum atomic E-state index is -0.694. The van der Waals surface area contributed by atoms with Gasteiger partial charge in [0.2, 0.25) is 0 Å². The van der Waals surface area contributed by atoms with Gasteiger partial charge in [0.15, 0.2) is 11.0 Å². The summed E-state index contributed by atoms with van der Waals surface area (Å²) in [5, 5.41) is 11.6. The lowest BCUT2D eigenvalue weighted by atomic mass is 10.1. The van der Waals surface area contributed by atoms with Gasteiger partial charge in [0.05, 0.1) is 11.2 Å². The fourth-order valence-electron chi connectivity index (χ4n) is 2.09. The molecule has 0 radical (unpaired) electrons. The van der Waals surface area contributed by atoms with Crippen molar-refractivity contribution >= 4 is 34.4 Å². The van der Waals surface area contributed by atoms with Crippen molar-refractivity contribution in [2.24, 2.45) is 9.98 Å². The second-order valence-electron chi connectivity index (χ2n) is 4.23. The molecule has 2 heterocycles. The van der Waals surface area contributed by atoms with Crippen LogP contribution >= 0.6 is 23.4 Å². The van der Waals surface area contributed by atoms with E-state index in [1.54, 1.807) is 11.1 Å². The maximum Gasteiger partial charge on any atom is 0.184 e. The summed E-state index contributed by atoms with van der Waals surface area (Å²) in [5.74, 6) is -0.0319. The number of hydrazine groups is 1. The number of nitrogens with zero attached hydrogens (tertiary/aromatic N) is 4. The van der Waals surface area contributed by atoms with Crippen LogP contribution in [0.15, 0.2) is 40.0 Å². The number of fused-ring (bicyclic) bond motifs is 1. The number of hydrogen-bond acceptors (Lipinski definition) is 6. The van der Waals surface area contributed by atoms with Gasteiger partial charge < -0.3 is 0 Å². The lowest BCUT2D eigenvalue weighted by Crippen LogP contribution is -2.43. The topological polar surface area (TPSA) is 63.8 Å². The van der Waals surface area contributed by atoms with Gasteiger partial charge in [-0.15, -0.1) is 0 Å². The molecule has 0 unspecified atom stereocenters. The van der Waals surface area contributed by atoms with E-state index in [1.165, 1.54) is 30.1 Å². The molecule has 21 heavy (non-hydrogen) atoms. The highest BCUT2D eigenvalue weighted by molar-refractivity contribution is 8.13. The van der Waals surface area contributed by atoms with Crippen LogP contribution in [-0.2, 0) is 0 Å². The Morgan fingerprint density at radius 2 is 2.33 bits per heavy atom. The normalized spacial score (nSPS) is 20.4. The Labute approximate surface area is 129 Å². The number of nitrogens with one attached hydrogen (secondary N) is 1. The van der Waals surface area contributed by atoms with Crippen molar-refractivity contribution in [3.8, 4) is 6.07 Å². The third kappa shape index (κ3) is 2.31. The number of hydrogen-bond donors (Lipinski definition) is 1. The number of benzene rings is 1. The molecule has 2 aliphatic heterocycles. The van der Waals surface area contributed by atoms with Crippen LogP contribution in [0.5, 0.6) is 0 Å². The Bertz CT molecular complexity index is 716. The maximum atomic E-state index is 14.0. The van der Waals surface area contributed by atoms with E-state index >= 15 is 0 Å². The monoisotopic (exact) mass is 321 g/mol. The molecule has 1 atom stereocenters. The molecule has 8 heteroatoms. The van der Waals surface area contributed by atoms with Gasteiger partial charge in [0, 0.05) is 5.56 Å². The molecule has 1 aromatic rings. The highest BCUT2D eigenvalue weighted by Crippen LogP contribution is 2.32. The van der Waals surface area contributed by atoms with Crippen LogP contribution in [0.3, 0.4) is 0 Å². The van der Waals surface area contributed by atoms with E-state index in [9.17, 15) is 4.39 Å². The standard InChI is InChI=1S/C13H9ClFN5S/c1-21-13-17-6-7(5-16)12-18-11(19-20(12)13)10-8(14)3-2-4-9(10)15/h2-4,6,11,19H,1H3/t11-/m1/s1. The molecular weight excluding hydrogens is 313 g/mol. The lowest BCUT2D eigenvalue weighted by molar-refractivity contribution is 0.413. The average Bonchev–Trinajstić information content (AvgIpc) is 2.90. The zero-order valence-corrected chi connectivity index (χ0v) is 12.4. The first-order chi connectivity index (χ1) is 10.2. The molecule has 3 rings (SSSR count). The van der Waals surface area contributed by atoms with E-state index in [4.69, 9.17) is 16.9 Å². The second kappa shape index (κ2) is 5.48. The molecule has 0 fully saturated rings.